The topological polar surface area (TPSA) is 44.4 Å². The van der Waals surface area contributed by atoms with Crippen LogP contribution in [0.1, 0.15) is 11.1 Å². The number of fused-ring (bicyclic) bond motifs is 1. The van der Waals surface area contributed by atoms with Gasteiger partial charge in [-0.2, -0.15) is 0 Å². The van der Waals surface area contributed by atoms with Crippen LogP contribution in [-0.4, -0.2) is 42.8 Å². The minimum absolute atomic E-state index is 0.161. The van der Waals surface area contributed by atoms with Gasteiger partial charge in [-0.25, -0.2) is 9.18 Å². The molecule has 1 saturated heterocycles. The first kappa shape index (κ1) is 12.4. The molecule has 1 fully saturated rings. The van der Waals surface area contributed by atoms with E-state index in [4.69, 9.17) is 0 Å². The van der Waals surface area contributed by atoms with E-state index in [0.29, 0.717) is 26.2 Å². The third kappa shape index (κ3) is 2.56. The number of amides is 2. The first-order chi connectivity index (χ1) is 9.24. The van der Waals surface area contributed by atoms with Gasteiger partial charge in [0.1, 0.15) is 6.17 Å². The number of carbonyl (C=O) groups excluding carboxylic acids is 1. The molecule has 0 saturated carbocycles. The van der Waals surface area contributed by atoms with Crippen molar-refractivity contribution >= 4 is 6.03 Å². The number of benzene rings is 1. The summed E-state index contributed by atoms with van der Waals surface area (Å²) in [5, 5.41) is 5.72. The second-order valence-electron chi connectivity index (χ2n) is 5.17. The Labute approximate surface area is 112 Å². The van der Waals surface area contributed by atoms with E-state index < -0.39 is 12.2 Å². The van der Waals surface area contributed by atoms with Gasteiger partial charge in [-0.1, -0.05) is 24.3 Å². The predicted molar refractivity (Wildman–Crippen MR) is 70.6 cm³/mol. The smallest absolute Gasteiger partial charge is 0.318 e. The van der Waals surface area contributed by atoms with E-state index >= 15 is 0 Å². The largest absolute Gasteiger partial charge is 0.331 e. The van der Waals surface area contributed by atoms with E-state index in [1.54, 1.807) is 4.90 Å². The number of hydrogen-bond acceptors (Lipinski definition) is 2. The molecule has 2 N–H and O–H groups in total. The van der Waals surface area contributed by atoms with Gasteiger partial charge in [0.2, 0.25) is 0 Å². The van der Waals surface area contributed by atoms with Crippen LogP contribution >= 0.6 is 0 Å². The minimum Gasteiger partial charge on any atom is -0.331 e. The highest BCUT2D eigenvalue weighted by atomic mass is 19.1. The summed E-state index contributed by atoms with van der Waals surface area (Å²) in [6.45, 7) is 2.14. The van der Waals surface area contributed by atoms with E-state index in [9.17, 15) is 9.18 Å². The summed E-state index contributed by atoms with van der Waals surface area (Å²) in [5.74, 6) is 0. The van der Waals surface area contributed by atoms with Crippen LogP contribution in [0.4, 0.5) is 9.18 Å². The van der Waals surface area contributed by atoms with Crippen LogP contribution in [0.25, 0.3) is 0 Å². The maximum Gasteiger partial charge on any atom is 0.318 e. The average Bonchev–Trinajstić information content (AvgIpc) is 2.84. The zero-order valence-corrected chi connectivity index (χ0v) is 10.7. The number of nitrogens with zero attached hydrogens (tertiary/aromatic N) is 1. The SMILES string of the molecule is O=C(NC1CNCC1F)N1CCc2ccccc2C1. The van der Waals surface area contributed by atoms with Crippen molar-refractivity contribution in [2.24, 2.45) is 0 Å². The molecule has 4 nitrogen and oxygen atoms in total. The molecule has 2 atom stereocenters. The average molecular weight is 263 g/mol. The van der Waals surface area contributed by atoms with Crippen molar-refractivity contribution in [1.82, 2.24) is 15.5 Å². The van der Waals surface area contributed by atoms with Crippen molar-refractivity contribution in [2.45, 2.75) is 25.2 Å². The molecular formula is C14H18FN3O. The highest BCUT2D eigenvalue weighted by Gasteiger charge is 2.30. The van der Waals surface area contributed by atoms with Gasteiger partial charge in [0.05, 0.1) is 6.04 Å². The molecule has 2 unspecified atom stereocenters. The van der Waals surface area contributed by atoms with Crippen molar-refractivity contribution in [1.29, 1.82) is 0 Å². The summed E-state index contributed by atoms with van der Waals surface area (Å²) in [7, 11) is 0. The molecule has 2 aliphatic heterocycles. The van der Waals surface area contributed by atoms with Gasteiger partial charge in [-0.05, 0) is 17.5 Å². The Bertz CT molecular complexity index is 480. The second-order valence-corrected chi connectivity index (χ2v) is 5.17. The molecule has 2 amide bonds. The molecule has 0 bridgehead atoms. The Kier molecular flexibility index (Phi) is 3.38. The van der Waals surface area contributed by atoms with Crippen LogP contribution in [-0.2, 0) is 13.0 Å². The lowest BCUT2D eigenvalue weighted by Crippen LogP contribution is -2.49. The third-order valence-electron chi connectivity index (χ3n) is 3.87. The molecule has 0 aromatic heterocycles. The van der Waals surface area contributed by atoms with Crippen LogP contribution in [0, 0.1) is 0 Å². The van der Waals surface area contributed by atoms with E-state index in [1.165, 1.54) is 11.1 Å². The Morgan fingerprint density at radius 2 is 2.11 bits per heavy atom. The molecule has 1 aromatic rings. The maximum atomic E-state index is 13.5. The van der Waals surface area contributed by atoms with Crippen LogP contribution in [0.3, 0.4) is 0 Å². The lowest BCUT2D eigenvalue weighted by molar-refractivity contribution is 0.182. The Balaban J connectivity index is 1.63. The van der Waals surface area contributed by atoms with E-state index in [-0.39, 0.29) is 6.03 Å². The van der Waals surface area contributed by atoms with Crippen LogP contribution in [0.2, 0.25) is 0 Å². The molecule has 2 heterocycles. The summed E-state index contributed by atoms with van der Waals surface area (Å²) in [6, 6.07) is 7.59. The number of halogens is 1. The zero-order valence-electron chi connectivity index (χ0n) is 10.7. The summed E-state index contributed by atoms with van der Waals surface area (Å²) in [6.07, 6.45) is -0.119. The zero-order chi connectivity index (χ0) is 13.2. The van der Waals surface area contributed by atoms with Crippen LogP contribution < -0.4 is 10.6 Å². The first-order valence-corrected chi connectivity index (χ1v) is 6.71. The third-order valence-corrected chi connectivity index (χ3v) is 3.87. The standard InChI is InChI=1S/C14H18FN3O/c15-12-7-16-8-13(12)17-14(19)18-6-5-10-3-1-2-4-11(10)9-18/h1-4,12-13,16H,5-9H2,(H,17,19). The summed E-state index contributed by atoms with van der Waals surface area (Å²) in [5.41, 5.74) is 2.49. The quantitative estimate of drug-likeness (QED) is 0.796. The van der Waals surface area contributed by atoms with Crippen molar-refractivity contribution < 1.29 is 9.18 Å². The Hall–Kier alpha value is -1.62. The van der Waals surface area contributed by atoms with Crippen molar-refractivity contribution in [3.05, 3.63) is 35.4 Å². The molecule has 0 radical (unpaired) electrons. The summed E-state index contributed by atoms with van der Waals surface area (Å²) >= 11 is 0. The minimum atomic E-state index is -0.985. The van der Waals surface area contributed by atoms with E-state index in [2.05, 4.69) is 16.7 Å². The number of hydrogen-bond donors (Lipinski definition) is 2. The van der Waals surface area contributed by atoms with E-state index in [1.807, 2.05) is 18.2 Å². The molecule has 3 rings (SSSR count). The second kappa shape index (κ2) is 5.17. The summed E-state index contributed by atoms with van der Waals surface area (Å²) < 4.78 is 13.5. The van der Waals surface area contributed by atoms with Crippen LogP contribution in [0.5, 0.6) is 0 Å². The maximum absolute atomic E-state index is 13.5. The lowest BCUT2D eigenvalue weighted by atomic mass is 10.0. The molecule has 2 aliphatic rings. The number of rotatable bonds is 1. The van der Waals surface area contributed by atoms with Gasteiger partial charge in [0.25, 0.3) is 0 Å². The molecule has 102 valence electrons. The molecule has 0 aliphatic carbocycles. The Morgan fingerprint density at radius 1 is 1.32 bits per heavy atom. The summed E-state index contributed by atoms with van der Waals surface area (Å²) in [4.78, 5) is 13.9. The van der Waals surface area contributed by atoms with Crippen molar-refractivity contribution in [3.8, 4) is 0 Å². The number of alkyl halides is 1. The molecule has 1 aromatic carbocycles. The van der Waals surface area contributed by atoms with Gasteiger partial charge in [0.15, 0.2) is 0 Å². The highest BCUT2D eigenvalue weighted by Crippen LogP contribution is 2.18. The highest BCUT2D eigenvalue weighted by molar-refractivity contribution is 5.75. The number of carbonyl (C=O) groups is 1. The number of urea groups is 1. The fraction of sp³-hybridized carbons (Fsp3) is 0.500. The van der Waals surface area contributed by atoms with Gasteiger partial charge in [0, 0.05) is 26.2 Å². The van der Waals surface area contributed by atoms with Gasteiger partial charge in [-0.3, -0.25) is 0 Å². The van der Waals surface area contributed by atoms with Crippen molar-refractivity contribution in [3.63, 3.8) is 0 Å². The predicted octanol–water partition coefficient (Wildman–Crippen LogP) is 1.06. The molecule has 5 heteroatoms. The Morgan fingerprint density at radius 3 is 2.84 bits per heavy atom. The van der Waals surface area contributed by atoms with Crippen molar-refractivity contribution in [2.75, 3.05) is 19.6 Å². The first-order valence-electron chi connectivity index (χ1n) is 6.71. The van der Waals surface area contributed by atoms with Crippen LogP contribution in [0.15, 0.2) is 24.3 Å². The normalized spacial score (nSPS) is 26.1. The molecular weight excluding hydrogens is 245 g/mol. The molecule has 19 heavy (non-hydrogen) atoms. The van der Waals surface area contributed by atoms with Gasteiger partial charge in [-0.15, -0.1) is 0 Å². The number of nitrogens with one attached hydrogen (secondary N) is 2. The van der Waals surface area contributed by atoms with Gasteiger partial charge >= 0.3 is 6.03 Å². The molecule has 0 spiro atoms. The lowest BCUT2D eigenvalue weighted by Gasteiger charge is -2.30. The van der Waals surface area contributed by atoms with Gasteiger partial charge < -0.3 is 15.5 Å². The fourth-order valence-corrected chi connectivity index (χ4v) is 2.71. The monoisotopic (exact) mass is 263 g/mol. The fourth-order valence-electron chi connectivity index (χ4n) is 2.71. The van der Waals surface area contributed by atoms with E-state index in [0.717, 1.165) is 6.42 Å².